The van der Waals surface area contributed by atoms with Gasteiger partial charge in [-0.1, -0.05) is 83.6 Å². The molecule has 6 heteroatoms. The summed E-state index contributed by atoms with van der Waals surface area (Å²) in [6.45, 7) is 2.27. The molecular weight excluding hydrogens is 452 g/mol. The lowest BCUT2D eigenvalue weighted by molar-refractivity contribution is -0.119. The number of amides is 1. The molecule has 0 bridgehead atoms. The van der Waals surface area contributed by atoms with Crippen LogP contribution >= 0.6 is 22.9 Å². The topological polar surface area (TPSA) is 46.3 Å². The molecule has 0 saturated heterocycles. The normalized spacial score (nSPS) is 11.2. The molecular formula is C27H21ClN2O2S. The van der Waals surface area contributed by atoms with Crippen LogP contribution in [0.2, 0.25) is 5.02 Å². The Morgan fingerprint density at radius 3 is 2.27 bits per heavy atom. The number of thiazole rings is 1. The molecule has 0 saturated carbocycles. The molecule has 33 heavy (non-hydrogen) atoms. The Balaban J connectivity index is 1.64. The zero-order chi connectivity index (χ0) is 22.8. The summed E-state index contributed by atoms with van der Waals surface area (Å²) in [7, 11) is 0. The molecule has 0 atom stereocenters. The number of hydrogen-bond donors (Lipinski definition) is 0. The third kappa shape index (κ3) is 4.42. The number of anilines is 1. The minimum Gasteiger partial charge on any atom is -0.467 e. The van der Waals surface area contributed by atoms with Gasteiger partial charge in [0.15, 0.2) is 5.13 Å². The minimum absolute atomic E-state index is 0.0633. The molecule has 0 N–H and O–H groups in total. The molecule has 1 amide bonds. The summed E-state index contributed by atoms with van der Waals surface area (Å²) in [4.78, 5) is 20.8. The van der Waals surface area contributed by atoms with Gasteiger partial charge < -0.3 is 4.42 Å². The predicted octanol–water partition coefficient (Wildman–Crippen LogP) is 7.22. The van der Waals surface area contributed by atoms with Gasteiger partial charge in [-0.25, -0.2) is 4.98 Å². The highest BCUT2D eigenvalue weighted by atomic mass is 35.5. The number of carbonyl (C=O) groups is 1. The van der Waals surface area contributed by atoms with Gasteiger partial charge in [0.1, 0.15) is 5.76 Å². The van der Waals surface area contributed by atoms with Crippen LogP contribution in [0.25, 0.3) is 10.2 Å². The Kier molecular flexibility index (Phi) is 5.99. The fourth-order valence-electron chi connectivity index (χ4n) is 3.98. The molecule has 0 aliphatic rings. The van der Waals surface area contributed by atoms with E-state index in [4.69, 9.17) is 21.0 Å². The summed E-state index contributed by atoms with van der Waals surface area (Å²) in [5.41, 5.74) is 3.69. The van der Waals surface area contributed by atoms with Crippen molar-refractivity contribution in [3.05, 3.63) is 119 Å². The van der Waals surface area contributed by atoms with E-state index in [2.05, 4.69) is 0 Å². The molecule has 4 nitrogen and oxygen atoms in total. The van der Waals surface area contributed by atoms with Gasteiger partial charge in [0.25, 0.3) is 0 Å². The maximum atomic E-state index is 14.2. The van der Waals surface area contributed by atoms with Crippen molar-refractivity contribution in [1.29, 1.82) is 0 Å². The van der Waals surface area contributed by atoms with Crippen LogP contribution in [-0.2, 0) is 11.3 Å². The molecule has 0 unspecified atom stereocenters. The van der Waals surface area contributed by atoms with Crippen LogP contribution in [-0.4, -0.2) is 10.9 Å². The number of aromatic nitrogens is 1. The van der Waals surface area contributed by atoms with Crippen molar-refractivity contribution in [2.45, 2.75) is 19.4 Å². The number of benzene rings is 3. The first-order valence-corrected chi connectivity index (χ1v) is 11.8. The molecule has 0 fully saturated rings. The van der Waals surface area contributed by atoms with Crippen LogP contribution in [0.1, 0.15) is 28.4 Å². The first-order chi connectivity index (χ1) is 16.1. The second-order valence-corrected chi connectivity index (χ2v) is 9.27. The van der Waals surface area contributed by atoms with E-state index in [-0.39, 0.29) is 12.5 Å². The van der Waals surface area contributed by atoms with Crippen LogP contribution in [0.5, 0.6) is 0 Å². The molecule has 2 heterocycles. The molecule has 5 rings (SSSR count). The Bertz CT molecular complexity index is 1340. The third-order valence-electron chi connectivity index (χ3n) is 5.54. The number of fused-ring (bicyclic) bond motifs is 1. The van der Waals surface area contributed by atoms with Crippen LogP contribution in [0, 0.1) is 6.92 Å². The number of rotatable bonds is 6. The summed E-state index contributed by atoms with van der Waals surface area (Å²) < 4.78 is 6.55. The first kappa shape index (κ1) is 21.4. The monoisotopic (exact) mass is 472 g/mol. The van der Waals surface area contributed by atoms with Crippen molar-refractivity contribution in [2.75, 3.05) is 4.90 Å². The SMILES string of the molecule is Cc1cc(Cl)cc2sc(N(Cc3ccco3)C(=O)C(c3ccccc3)c3ccccc3)nc12. The molecule has 0 aliphatic carbocycles. The average Bonchev–Trinajstić information content (AvgIpc) is 3.49. The fraction of sp³-hybridized carbons (Fsp3) is 0.111. The Morgan fingerprint density at radius 1 is 1.00 bits per heavy atom. The second-order valence-electron chi connectivity index (χ2n) is 7.82. The number of aryl methyl sites for hydroxylation is 1. The number of hydrogen-bond acceptors (Lipinski definition) is 4. The lowest BCUT2D eigenvalue weighted by atomic mass is 9.90. The van der Waals surface area contributed by atoms with Crippen molar-refractivity contribution in [3.8, 4) is 0 Å². The van der Waals surface area contributed by atoms with E-state index in [1.807, 2.05) is 91.9 Å². The molecule has 3 aromatic carbocycles. The quantitative estimate of drug-likeness (QED) is 0.262. The van der Waals surface area contributed by atoms with Gasteiger partial charge in [0.05, 0.1) is 28.9 Å². The molecule has 2 aromatic heterocycles. The van der Waals surface area contributed by atoms with Crippen molar-refractivity contribution in [2.24, 2.45) is 0 Å². The molecule has 5 aromatic rings. The summed E-state index contributed by atoms with van der Waals surface area (Å²) in [6, 6.07) is 27.2. The van der Waals surface area contributed by atoms with Crippen LogP contribution in [0.3, 0.4) is 0 Å². The van der Waals surface area contributed by atoms with E-state index in [1.165, 1.54) is 11.3 Å². The van der Waals surface area contributed by atoms with E-state index >= 15 is 0 Å². The van der Waals surface area contributed by atoms with Crippen molar-refractivity contribution >= 4 is 44.2 Å². The number of furan rings is 1. The third-order valence-corrected chi connectivity index (χ3v) is 6.79. The average molecular weight is 473 g/mol. The number of halogens is 1. The second kappa shape index (κ2) is 9.22. The first-order valence-electron chi connectivity index (χ1n) is 10.6. The summed E-state index contributed by atoms with van der Waals surface area (Å²) in [5.74, 6) is 0.155. The molecule has 164 valence electrons. The highest BCUT2D eigenvalue weighted by Gasteiger charge is 2.31. The van der Waals surface area contributed by atoms with E-state index in [9.17, 15) is 4.79 Å². The maximum absolute atomic E-state index is 14.2. The lowest BCUT2D eigenvalue weighted by Crippen LogP contribution is -2.35. The van der Waals surface area contributed by atoms with Gasteiger partial charge in [-0.05, 0) is 47.9 Å². The van der Waals surface area contributed by atoms with Crippen molar-refractivity contribution < 1.29 is 9.21 Å². The van der Waals surface area contributed by atoms with Gasteiger partial charge in [-0.2, -0.15) is 0 Å². The summed E-state index contributed by atoms with van der Waals surface area (Å²) >= 11 is 7.74. The number of nitrogens with zero attached hydrogens (tertiary/aromatic N) is 2. The minimum atomic E-state index is -0.473. The molecule has 0 radical (unpaired) electrons. The Morgan fingerprint density at radius 2 is 1.67 bits per heavy atom. The predicted molar refractivity (Wildman–Crippen MR) is 134 cm³/mol. The zero-order valence-electron chi connectivity index (χ0n) is 17.9. The largest absolute Gasteiger partial charge is 0.467 e. The lowest BCUT2D eigenvalue weighted by Gasteiger charge is -2.25. The van der Waals surface area contributed by atoms with Gasteiger partial charge >= 0.3 is 0 Å². The van der Waals surface area contributed by atoms with Gasteiger partial charge in [-0.15, -0.1) is 0 Å². The van der Waals surface area contributed by atoms with Crippen LogP contribution in [0.15, 0.2) is 95.6 Å². The van der Waals surface area contributed by atoms with Crippen molar-refractivity contribution in [1.82, 2.24) is 4.98 Å². The summed E-state index contributed by atoms with van der Waals surface area (Å²) in [6.07, 6.45) is 1.62. The Labute approximate surface area is 201 Å². The maximum Gasteiger partial charge on any atom is 0.241 e. The fourth-order valence-corrected chi connectivity index (χ4v) is 5.41. The van der Waals surface area contributed by atoms with E-state index in [0.29, 0.717) is 15.9 Å². The smallest absolute Gasteiger partial charge is 0.241 e. The number of carbonyl (C=O) groups excluding carboxylic acids is 1. The standard InChI is InChI=1S/C27H21ClN2O2S/c1-18-15-21(28)16-23-25(18)29-27(33-23)30(17-22-13-8-14-32-22)26(31)24(19-9-4-2-5-10-19)20-11-6-3-7-12-20/h2-16,24H,17H2,1H3. The van der Waals surface area contributed by atoms with Crippen LogP contribution < -0.4 is 4.90 Å². The zero-order valence-corrected chi connectivity index (χ0v) is 19.5. The van der Waals surface area contributed by atoms with E-state index in [1.54, 1.807) is 11.2 Å². The molecule has 0 aliphatic heterocycles. The summed E-state index contributed by atoms with van der Waals surface area (Å²) in [5, 5.41) is 1.28. The molecule has 0 spiro atoms. The highest BCUT2D eigenvalue weighted by Crippen LogP contribution is 2.36. The van der Waals surface area contributed by atoms with Crippen molar-refractivity contribution in [3.63, 3.8) is 0 Å². The van der Waals surface area contributed by atoms with E-state index < -0.39 is 5.92 Å². The van der Waals surface area contributed by atoms with Gasteiger partial charge in [-0.3, -0.25) is 9.69 Å². The Hall–Kier alpha value is -3.41. The highest BCUT2D eigenvalue weighted by molar-refractivity contribution is 7.22. The van der Waals surface area contributed by atoms with E-state index in [0.717, 1.165) is 26.9 Å². The van der Waals surface area contributed by atoms with Gasteiger partial charge in [0.2, 0.25) is 5.91 Å². The van der Waals surface area contributed by atoms with Crippen LogP contribution in [0.4, 0.5) is 5.13 Å². The van der Waals surface area contributed by atoms with Gasteiger partial charge in [0, 0.05) is 5.02 Å².